The highest BCUT2D eigenvalue weighted by molar-refractivity contribution is 8.00. The summed E-state index contributed by atoms with van der Waals surface area (Å²) in [5.41, 5.74) is 9.09. The van der Waals surface area contributed by atoms with E-state index < -0.39 is 51.9 Å². The number of carboxylic acid groups (broad SMARTS) is 2. The van der Waals surface area contributed by atoms with E-state index in [1.54, 1.807) is 0 Å². The Morgan fingerprint density at radius 1 is 1.21 bits per heavy atom. The van der Waals surface area contributed by atoms with Crippen molar-refractivity contribution in [2.75, 3.05) is 37.7 Å². The molecule has 0 aliphatic carbocycles. The number of anilines is 1. The van der Waals surface area contributed by atoms with Gasteiger partial charge in [0.05, 0.1) is 25.0 Å². The molecule has 18 heteroatoms. The van der Waals surface area contributed by atoms with Gasteiger partial charge in [0.15, 0.2) is 5.13 Å². The molecule has 5 aliphatic rings. The maximum atomic E-state index is 13.3. The maximum Gasteiger partial charge on any atom is 0.352 e. The third kappa shape index (κ3) is 5.06. The van der Waals surface area contributed by atoms with Crippen LogP contribution in [0.25, 0.3) is 0 Å². The summed E-state index contributed by atoms with van der Waals surface area (Å²) in [6, 6.07) is -1.08. The van der Waals surface area contributed by atoms with Crippen LogP contribution in [0.2, 0.25) is 0 Å². The number of aromatic nitrogens is 2. The zero-order valence-electron chi connectivity index (χ0n) is 22.9. The van der Waals surface area contributed by atoms with Gasteiger partial charge in [0.1, 0.15) is 23.7 Å². The van der Waals surface area contributed by atoms with Gasteiger partial charge in [-0.25, -0.2) is 9.59 Å². The quantitative estimate of drug-likeness (QED) is 0.0906. The van der Waals surface area contributed by atoms with Gasteiger partial charge in [0, 0.05) is 42.1 Å². The Bertz CT molecular complexity index is 1410. The van der Waals surface area contributed by atoms with Crippen LogP contribution in [0.3, 0.4) is 0 Å². The molecule has 6 heterocycles. The zero-order chi connectivity index (χ0) is 30.6. The van der Waals surface area contributed by atoms with Crippen molar-refractivity contribution in [1.29, 1.82) is 0 Å². The Morgan fingerprint density at radius 2 is 1.86 bits per heavy atom. The van der Waals surface area contributed by atoms with Crippen molar-refractivity contribution in [3.63, 3.8) is 0 Å². The summed E-state index contributed by atoms with van der Waals surface area (Å²) in [5.74, 6) is -4.27. The Hall–Kier alpha value is -3.77. The lowest BCUT2D eigenvalue weighted by Crippen LogP contribution is -2.71. The molecule has 3 amide bonds. The van der Waals surface area contributed by atoms with Crippen molar-refractivity contribution >= 4 is 63.8 Å². The number of nitrogens with one attached hydrogen (secondary N) is 1. The highest BCUT2D eigenvalue weighted by atomic mass is 32.2. The Balaban J connectivity index is 1.33. The van der Waals surface area contributed by atoms with Gasteiger partial charge in [-0.2, -0.15) is 9.36 Å². The average molecular weight is 624 g/mol. The minimum absolute atomic E-state index is 0.0228. The van der Waals surface area contributed by atoms with Crippen molar-refractivity contribution in [1.82, 2.24) is 19.6 Å². The Kier molecular flexibility index (Phi) is 7.43. The smallest absolute Gasteiger partial charge is 0.352 e. The second-order valence-electron chi connectivity index (χ2n) is 11.5. The van der Waals surface area contributed by atoms with Crippen LogP contribution in [-0.2, 0) is 28.8 Å². The molecule has 0 unspecified atom stereocenters. The monoisotopic (exact) mass is 623 g/mol. The molecule has 0 radical (unpaired) electrons. The fraction of sp³-hybridized carbons (Fsp3) is 0.583. The second kappa shape index (κ2) is 10.5. The van der Waals surface area contributed by atoms with Crippen LogP contribution in [-0.4, -0.2) is 113 Å². The van der Waals surface area contributed by atoms with Crippen LogP contribution in [0.1, 0.15) is 38.9 Å². The predicted octanol–water partition coefficient (Wildman–Crippen LogP) is -1.07. The molecule has 1 aromatic rings. The van der Waals surface area contributed by atoms with E-state index in [9.17, 15) is 34.2 Å². The minimum Gasteiger partial charge on any atom is -0.478 e. The zero-order valence-corrected chi connectivity index (χ0v) is 24.5. The molecule has 0 saturated carbocycles. The molecule has 6 rings (SSSR count). The number of oxime groups is 1. The van der Waals surface area contributed by atoms with E-state index in [-0.39, 0.29) is 22.6 Å². The first-order valence-electron chi connectivity index (χ1n) is 13.1. The van der Waals surface area contributed by atoms with Crippen LogP contribution in [0.5, 0.6) is 0 Å². The van der Waals surface area contributed by atoms with Crippen molar-refractivity contribution < 1.29 is 43.5 Å². The van der Waals surface area contributed by atoms with Crippen molar-refractivity contribution in [3.8, 4) is 0 Å². The molecule has 4 fully saturated rings. The lowest BCUT2D eigenvalue weighted by Gasteiger charge is -2.55. The molecule has 16 nitrogen and oxygen atoms in total. The van der Waals surface area contributed by atoms with Crippen LogP contribution < -0.4 is 16.8 Å². The van der Waals surface area contributed by atoms with Gasteiger partial charge in [-0.15, -0.1) is 11.8 Å². The van der Waals surface area contributed by atoms with Gasteiger partial charge in [0.2, 0.25) is 23.0 Å². The molecule has 2 atom stereocenters. The van der Waals surface area contributed by atoms with Gasteiger partial charge in [-0.1, -0.05) is 5.16 Å². The number of piperidine rings is 3. The minimum atomic E-state index is -1.79. The number of hydrogen-bond acceptors (Lipinski definition) is 12. The summed E-state index contributed by atoms with van der Waals surface area (Å²) in [4.78, 5) is 72.6. The standard InChI is InChI=1S/C24H30N8O8S2/c1-23(2,21(38)39)40-29-12(15-28-22(26)42-30-15)16(33)27-13-17(34)31-14(19(35)36)11(10-41-18(13)31)9-32-6-3-24(4-7-32,5-8-32)20(25)37/h13,18H,3-10H2,1-2H3,(H6-,25,26,27,28,30,33,35,36,37,38,39)/p+1/t13-,18+,24?,32?/m1/s1. The van der Waals surface area contributed by atoms with Crippen molar-refractivity contribution in [2.45, 2.75) is 50.1 Å². The second-order valence-corrected chi connectivity index (χ2v) is 13.4. The fourth-order valence-corrected chi connectivity index (χ4v) is 7.57. The maximum absolute atomic E-state index is 13.3. The average Bonchev–Trinajstić information content (AvgIpc) is 3.37. The first-order valence-corrected chi connectivity index (χ1v) is 15.0. The highest BCUT2D eigenvalue weighted by Gasteiger charge is 2.57. The number of aliphatic carboxylic acids is 2. The van der Waals surface area contributed by atoms with Gasteiger partial charge >= 0.3 is 11.9 Å². The normalized spacial score (nSPS) is 29.0. The number of carboxylic acids is 2. The number of nitrogens with zero attached hydrogens (tertiary/aromatic N) is 5. The number of carbonyl (C=O) groups is 5. The van der Waals surface area contributed by atoms with E-state index in [1.807, 2.05) is 0 Å². The Morgan fingerprint density at radius 3 is 2.38 bits per heavy atom. The summed E-state index contributed by atoms with van der Waals surface area (Å²) in [6.45, 7) is 5.02. The number of quaternary nitrogens is 1. The van der Waals surface area contributed by atoms with Crippen LogP contribution in [0.15, 0.2) is 16.4 Å². The number of hydrogen-bond donors (Lipinski definition) is 5. The van der Waals surface area contributed by atoms with E-state index in [0.29, 0.717) is 61.3 Å². The lowest BCUT2D eigenvalue weighted by atomic mass is 9.70. The number of fused-ring (bicyclic) bond motifs is 4. The van der Waals surface area contributed by atoms with E-state index in [2.05, 4.69) is 19.8 Å². The summed E-state index contributed by atoms with van der Waals surface area (Å²) >= 11 is 2.11. The third-order valence-electron chi connectivity index (χ3n) is 8.53. The van der Waals surface area contributed by atoms with E-state index in [0.717, 1.165) is 11.5 Å². The molecular formula is C24H31N8O8S2+. The molecule has 226 valence electrons. The van der Waals surface area contributed by atoms with Crippen LogP contribution in [0.4, 0.5) is 5.13 Å². The van der Waals surface area contributed by atoms with E-state index in [1.165, 1.54) is 30.5 Å². The van der Waals surface area contributed by atoms with Gasteiger partial charge in [-0.3, -0.25) is 19.3 Å². The van der Waals surface area contributed by atoms with E-state index in [4.69, 9.17) is 16.3 Å². The van der Waals surface area contributed by atoms with Crippen LogP contribution in [0, 0.1) is 5.41 Å². The SMILES string of the molecule is CC(C)(ON=C(C(=O)N[C@@H]1C(=O)N2C(C(=O)O)=C(C[N+]34CCC(C(N)=O)(CC3)CC4)CS[C@@H]12)c1nsc(N)n1)C(=O)O. The molecule has 5 aliphatic heterocycles. The van der Waals surface area contributed by atoms with Crippen LogP contribution >= 0.6 is 23.3 Å². The molecule has 0 aromatic carbocycles. The third-order valence-corrected chi connectivity index (χ3v) is 10.4. The molecule has 2 bridgehead atoms. The first-order chi connectivity index (χ1) is 19.7. The van der Waals surface area contributed by atoms with Gasteiger partial charge < -0.3 is 36.3 Å². The lowest BCUT2D eigenvalue weighted by molar-refractivity contribution is -0.940. The molecule has 4 saturated heterocycles. The molecule has 42 heavy (non-hydrogen) atoms. The number of primary amides is 1. The summed E-state index contributed by atoms with van der Waals surface area (Å²) in [7, 11) is 0. The molecule has 0 spiro atoms. The molecule has 1 aromatic heterocycles. The van der Waals surface area contributed by atoms with Crippen molar-refractivity contribution in [2.24, 2.45) is 16.3 Å². The number of β-lactam (4-membered cyclic amide) rings is 1. The fourth-order valence-electron chi connectivity index (χ4n) is 5.80. The highest BCUT2D eigenvalue weighted by Crippen LogP contribution is 2.46. The number of amides is 3. The largest absolute Gasteiger partial charge is 0.478 e. The number of nitrogen functional groups attached to an aromatic ring is 1. The summed E-state index contributed by atoms with van der Waals surface area (Å²) < 4.78 is 4.58. The van der Waals surface area contributed by atoms with Gasteiger partial charge in [-0.05, 0) is 13.8 Å². The van der Waals surface area contributed by atoms with Crippen molar-refractivity contribution in [3.05, 3.63) is 17.1 Å². The number of rotatable bonds is 10. The Labute approximate surface area is 247 Å². The predicted molar refractivity (Wildman–Crippen MR) is 149 cm³/mol. The van der Waals surface area contributed by atoms with Gasteiger partial charge in [0.25, 0.3) is 11.8 Å². The first kappa shape index (κ1) is 29.7. The topological polar surface area (TPSA) is 240 Å². The number of carbonyl (C=O) groups excluding carboxylic acids is 3. The molecule has 7 N–H and O–H groups in total. The van der Waals surface area contributed by atoms with E-state index >= 15 is 0 Å². The number of thioether (sulfide) groups is 1. The molecular weight excluding hydrogens is 592 g/mol. The summed E-state index contributed by atoms with van der Waals surface area (Å²) in [5, 5.41) is 25.0. The number of nitrogens with two attached hydrogens (primary N) is 2. The summed E-state index contributed by atoms with van der Waals surface area (Å²) in [6.07, 6.45) is 1.96.